The van der Waals surface area contributed by atoms with Crippen molar-refractivity contribution in [3.8, 4) is 5.75 Å². The number of epoxide rings is 1. The van der Waals surface area contributed by atoms with Crippen LogP contribution in [0.25, 0.3) is 6.08 Å². The number of ether oxygens (including phenoxy) is 2. The number of hydrogen-bond acceptors (Lipinski definition) is 3. The summed E-state index contributed by atoms with van der Waals surface area (Å²) in [6.45, 7) is 2.89. The number of hydrogen-bond donors (Lipinski definition) is 1. The molecule has 0 amide bonds. The predicted molar refractivity (Wildman–Crippen MR) is 62.9 cm³/mol. The highest BCUT2D eigenvalue weighted by atomic mass is 19.1. The Labute approximate surface area is 104 Å². The van der Waals surface area contributed by atoms with Crippen molar-refractivity contribution in [2.24, 2.45) is 0 Å². The van der Waals surface area contributed by atoms with Gasteiger partial charge in [0.05, 0.1) is 6.61 Å². The summed E-state index contributed by atoms with van der Waals surface area (Å²) in [4.78, 5) is 10.5. The fourth-order valence-corrected chi connectivity index (χ4v) is 1.38. The second-order valence-electron chi connectivity index (χ2n) is 4.38. The van der Waals surface area contributed by atoms with E-state index in [1.54, 1.807) is 0 Å². The van der Waals surface area contributed by atoms with E-state index < -0.39 is 11.8 Å². The van der Waals surface area contributed by atoms with Crippen LogP contribution in [-0.4, -0.2) is 29.9 Å². The van der Waals surface area contributed by atoms with Crippen molar-refractivity contribution in [1.29, 1.82) is 0 Å². The molecule has 1 heterocycles. The molecule has 1 N–H and O–H groups in total. The summed E-state index contributed by atoms with van der Waals surface area (Å²) in [5.41, 5.74) is 0.115. The Morgan fingerprint density at radius 1 is 1.67 bits per heavy atom. The van der Waals surface area contributed by atoms with E-state index in [0.717, 1.165) is 6.08 Å². The number of rotatable bonds is 5. The third-order valence-electron chi connectivity index (χ3n) is 2.55. The van der Waals surface area contributed by atoms with Gasteiger partial charge in [0.2, 0.25) is 0 Å². The van der Waals surface area contributed by atoms with Crippen LogP contribution in [0.15, 0.2) is 24.3 Å². The lowest BCUT2D eigenvalue weighted by Gasteiger charge is -2.11. The Balaban J connectivity index is 2.14. The van der Waals surface area contributed by atoms with Crippen LogP contribution in [-0.2, 0) is 9.53 Å². The molecule has 1 fully saturated rings. The SMILES string of the molecule is C[C@@]1(COc2ccc(F)cc2C=CC(=O)O)CO1. The molecule has 1 aromatic carbocycles. The Kier molecular flexibility index (Phi) is 3.34. The summed E-state index contributed by atoms with van der Waals surface area (Å²) in [6, 6.07) is 3.97. The molecule has 4 nitrogen and oxygen atoms in total. The molecule has 96 valence electrons. The van der Waals surface area contributed by atoms with Crippen LogP contribution < -0.4 is 4.74 Å². The summed E-state index contributed by atoms with van der Waals surface area (Å²) in [6.07, 6.45) is 2.24. The number of benzene rings is 1. The molecular formula is C13H13FO4. The summed E-state index contributed by atoms with van der Waals surface area (Å²) >= 11 is 0. The van der Waals surface area contributed by atoms with Crippen LogP contribution in [0.4, 0.5) is 4.39 Å². The molecule has 5 heteroatoms. The second kappa shape index (κ2) is 4.78. The van der Waals surface area contributed by atoms with Crippen LogP contribution in [0, 0.1) is 5.82 Å². The van der Waals surface area contributed by atoms with E-state index in [-0.39, 0.29) is 5.60 Å². The Hall–Kier alpha value is -1.88. The Morgan fingerprint density at radius 3 is 3.00 bits per heavy atom. The first-order chi connectivity index (χ1) is 8.48. The number of carbonyl (C=O) groups is 1. The molecule has 2 rings (SSSR count). The molecule has 18 heavy (non-hydrogen) atoms. The second-order valence-corrected chi connectivity index (χ2v) is 4.38. The van der Waals surface area contributed by atoms with Gasteiger partial charge in [0.1, 0.15) is 23.8 Å². The third-order valence-corrected chi connectivity index (χ3v) is 2.55. The Bertz CT molecular complexity index is 492. The maximum atomic E-state index is 13.1. The minimum absolute atomic E-state index is 0.276. The highest BCUT2D eigenvalue weighted by molar-refractivity contribution is 5.85. The molecule has 0 saturated carbocycles. The van der Waals surface area contributed by atoms with Crippen LogP contribution in [0.1, 0.15) is 12.5 Å². The van der Waals surface area contributed by atoms with Gasteiger partial charge in [-0.25, -0.2) is 9.18 Å². The molecule has 1 saturated heterocycles. The van der Waals surface area contributed by atoms with Crippen LogP contribution >= 0.6 is 0 Å². The molecule has 0 unspecified atom stereocenters. The van der Waals surface area contributed by atoms with E-state index in [1.807, 2.05) is 6.92 Å². The molecule has 0 aliphatic carbocycles. The number of halogens is 1. The lowest BCUT2D eigenvalue weighted by Crippen LogP contribution is -2.17. The fourth-order valence-electron chi connectivity index (χ4n) is 1.38. The average Bonchev–Trinajstić information content (AvgIpc) is 3.04. The first-order valence-corrected chi connectivity index (χ1v) is 5.46. The van der Waals surface area contributed by atoms with Gasteiger partial charge < -0.3 is 14.6 Å². The van der Waals surface area contributed by atoms with Crippen molar-refractivity contribution >= 4 is 12.0 Å². The minimum atomic E-state index is -1.09. The van der Waals surface area contributed by atoms with Gasteiger partial charge in [0, 0.05) is 11.6 Å². The molecular weight excluding hydrogens is 239 g/mol. The molecule has 1 atom stereocenters. The molecule has 1 aliphatic rings. The van der Waals surface area contributed by atoms with E-state index in [1.165, 1.54) is 24.3 Å². The molecule has 1 aliphatic heterocycles. The van der Waals surface area contributed by atoms with Crippen molar-refractivity contribution in [2.45, 2.75) is 12.5 Å². The largest absolute Gasteiger partial charge is 0.490 e. The summed E-state index contributed by atoms with van der Waals surface area (Å²) in [7, 11) is 0. The highest BCUT2D eigenvalue weighted by Crippen LogP contribution is 2.28. The molecule has 0 aromatic heterocycles. The fraction of sp³-hybridized carbons (Fsp3) is 0.308. The van der Waals surface area contributed by atoms with E-state index in [0.29, 0.717) is 24.5 Å². The van der Waals surface area contributed by atoms with Gasteiger partial charge in [0.15, 0.2) is 0 Å². The van der Waals surface area contributed by atoms with Crippen LogP contribution in [0.2, 0.25) is 0 Å². The third kappa shape index (κ3) is 3.30. The quantitative estimate of drug-likeness (QED) is 0.644. The number of carboxylic acids is 1. The predicted octanol–water partition coefficient (Wildman–Crippen LogP) is 2.09. The van der Waals surface area contributed by atoms with Gasteiger partial charge in [-0.15, -0.1) is 0 Å². The summed E-state index contributed by atoms with van der Waals surface area (Å²) in [5, 5.41) is 8.56. The van der Waals surface area contributed by atoms with Gasteiger partial charge in [-0.05, 0) is 31.2 Å². The van der Waals surface area contributed by atoms with Gasteiger partial charge >= 0.3 is 5.97 Å². The molecule has 0 spiro atoms. The van der Waals surface area contributed by atoms with E-state index in [4.69, 9.17) is 14.6 Å². The van der Waals surface area contributed by atoms with Crippen molar-refractivity contribution in [1.82, 2.24) is 0 Å². The number of carboxylic acid groups (broad SMARTS) is 1. The Morgan fingerprint density at radius 2 is 2.39 bits per heavy atom. The zero-order chi connectivity index (χ0) is 13.2. The normalized spacial score (nSPS) is 22.1. The van der Waals surface area contributed by atoms with Gasteiger partial charge in [-0.3, -0.25) is 0 Å². The average molecular weight is 252 g/mol. The molecule has 0 radical (unpaired) electrons. The van der Waals surface area contributed by atoms with Crippen molar-refractivity contribution in [2.75, 3.05) is 13.2 Å². The zero-order valence-electron chi connectivity index (χ0n) is 9.85. The first kappa shape index (κ1) is 12.6. The smallest absolute Gasteiger partial charge is 0.328 e. The zero-order valence-corrected chi connectivity index (χ0v) is 9.85. The topological polar surface area (TPSA) is 59.1 Å². The van der Waals surface area contributed by atoms with Gasteiger partial charge in [-0.2, -0.15) is 0 Å². The standard InChI is InChI=1S/C13H13FO4/c1-13(8-18-13)7-17-11-4-3-10(14)6-9(11)2-5-12(15)16/h2-6H,7-8H2,1H3,(H,15,16)/t13-/m1/s1. The maximum Gasteiger partial charge on any atom is 0.328 e. The first-order valence-electron chi connectivity index (χ1n) is 5.46. The molecule has 1 aromatic rings. The van der Waals surface area contributed by atoms with Crippen molar-refractivity contribution < 1.29 is 23.8 Å². The lowest BCUT2D eigenvalue weighted by molar-refractivity contribution is -0.131. The van der Waals surface area contributed by atoms with Crippen LogP contribution in [0.5, 0.6) is 5.75 Å². The van der Waals surface area contributed by atoms with Gasteiger partial charge in [-0.1, -0.05) is 0 Å². The maximum absolute atomic E-state index is 13.1. The summed E-state index contributed by atoms with van der Waals surface area (Å²) in [5.74, 6) is -1.10. The van der Waals surface area contributed by atoms with Crippen LogP contribution in [0.3, 0.4) is 0 Å². The van der Waals surface area contributed by atoms with Crippen molar-refractivity contribution in [3.05, 3.63) is 35.7 Å². The minimum Gasteiger partial charge on any atom is -0.490 e. The number of aliphatic carboxylic acids is 1. The summed E-state index contributed by atoms with van der Waals surface area (Å²) < 4.78 is 23.8. The highest BCUT2D eigenvalue weighted by Gasteiger charge is 2.40. The van der Waals surface area contributed by atoms with E-state index >= 15 is 0 Å². The van der Waals surface area contributed by atoms with Gasteiger partial charge in [0.25, 0.3) is 0 Å². The lowest BCUT2D eigenvalue weighted by atomic mass is 10.1. The van der Waals surface area contributed by atoms with Crippen molar-refractivity contribution in [3.63, 3.8) is 0 Å². The molecule has 0 bridgehead atoms. The van der Waals surface area contributed by atoms with E-state index in [2.05, 4.69) is 0 Å². The van der Waals surface area contributed by atoms with E-state index in [9.17, 15) is 9.18 Å². The monoisotopic (exact) mass is 252 g/mol.